The average molecular weight is 445 g/mol. The van der Waals surface area contributed by atoms with Crippen LogP contribution >= 0.6 is 31.9 Å². The van der Waals surface area contributed by atoms with E-state index in [-0.39, 0.29) is 0 Å². The standard InChI is InChI=1S/C16H19Br2N3O2/c1-4-21-6-5-12-10(8-21)14(20-19-12)9-7-11(17)16(23-3)13(18)15(9)22-2/h7H,4-6,8H2,1-3H3,(H,19,20). The lowest BCUT2D eigenvalue weighted by Gasteiger charge is -2.25. The van der Waals surface area contributed by atoms with Crippen LogP contribution in [0, 0.1) is 0 Å². The Hall–Kier alpha value is -1.05. The number of nitrogens with one attached hydrogen (secondary N) is 1. The molecule has 7 heteroatoms. The smallest absolute Gasteiger partial charge is 0.151 e. The van der Waals surface area contributed by atoms with Crippen LogP contribution in [0.2, 0.25) is 0 Å². The third kappa shape index (κ3) is 2.90. The highest BCUT2D eigenvalue weighted by Gasteiger charge is 2.26. The second-order valence-corrected chi connectivity index (χ2v) is 7.08. The highest BCUT2D eigenvalue weighted by atomic mass is 79.9. The van der Waals surface area contributed by atoms with Crippen molar-refractivity contribution in [3.8, 4) is 22.8 Å². The maximum absolute atomic E-state index is 5.63. The molecule has 0 radical (unpaired) electrons. The molecule has 124 valence electrons. The Kier molecular flexibility index (Phi) is 4.98. The van der Waals surface area contributed by atoms with Crippen molar-refractivity contribution >= 4 is 31.9 Å². The molecule has 2 aromatic rings. The molecule has 5 nitrogen and oxygen atoms in total. The minimum Gasteiger partial charge on any atom is -0.495 e. The summed E-state index contributed by atoms with van der Waals surface area (Å²) < 4.78 is 12.7. The molecule has 0 amide bonds. The lowest BCUT2D eigenvalue weighted by molar-refractivity contribution is 0.267. The fraction of sp³-hybridized carbons (Fsp3) is 0.438. The van der Waals surface area contributed by atoms with Gasteiger partial charge in [0, 0.05) is 36.3 Å². The number of ether oxygens (including phenoxy) is 2. The number of hydrogen-bond acceptors (Lipinski definition) is 4. The minimum atomic E-state index is 0.713. The quantitative estimate of drug-likeness (QED) is 0.774. The van der Waals surface area contributed by atoms with E-state index in [1.165, 1.54) is 11.3 Å². The number of likely N-dealkylation sites (N-methyl/N-ethyl adjacent to an activating group) is 1. The molecule has 0 unspecified atom stereocenters. The van der Waals surface area contributed by atoms with Gasteiger partial charge in [0.2, 0.25) is 0 Å². The van der Waals surface area contributed by atoms with Crippen LogP contribution < -0.4 is 9.47 Å². The highest BCUT2D eigenvalue weighted by Crippen LogP contribution is 2.47. The highest BCUT2D eigenvalue weighted by molar-refractivity contribution is 9.11. The first-order chi connectivity index (χ1) is 11.1. The molecule has 0 spiro atoms. The molecular formula is C16H19Br2N3O2. The maximum Gasteiger partial charge on any atom is 0.151 e. The third-order valence-electron chi connectivity index (χ3n) is 4.25. The van der Waals surface area contributed by atoms with Crippen LogP contribution in [0.3, 0.4) is 0 Å². The van der Waals surface area contributed by atoms with Gasteiger partial charge in [0.15, 0.2) is 5.75 Å². The SMILES string of the molecule is CCN1CCc2[nH]nc(-c3cc(Br)c(OC)c(Br)c3OC)c2C1. The minimum absolute atomic E-state index is 0.713. The van der Waals surface area contributed by atoms with Crippen LogP contribution in [0.15, 0.2) is 15.0 Å². The molecule has 23 heavy (non-hydrogen) atoms. The molecule has 0 atom stereocenters. The van der Waals surface area contributed by atoms with Gasteiger partial charge in [-0.2, -0.15) is 5.10 Å². The van der Waals surface area contributed by atoms with E-state index in [9.17, 15) is 0 Å². The van der Waals surface area contributed by atoms with E-state index in [1.54, 1.807) is 14.2 Å². The van der Waals surface area contributed by atoms with Gasteiger partial charge in [-0.05, 0) is 44.5 Å². The van der Waals surface area contributed by atoms with Crippen LogP contribution in [0.4, 0.5) is 0 Å². The van der Waals surface area contributed by atoms with Gasteiger partial charge in [-0.25, -0.2) is 0 Å². The van der Waals surface area contributed by atoms with Crippen molar-refractivity contribution < 1.29 is 9.47 Å². The molecule has 1 aliphatic heterocycles. The molecule has 1 N–H and O–H groups in total. The van der Waals surface area contributed by atoms with Gasteiger partial charge in [0.25, 0.3) is 0 Å². The second kappa shape index (κ2) is 6.83. The molecule has 1 aliphatic rings. The Morgan fingerprint density at radius 2 is 2.00 bits per heavy atom. The summed E-state index contributed by atoms with van der Waals surface area (Å²) in [6, 6.07) is 2.00. The van der Waals surface area contributed by atoms with Crippen molar-refractivity contribution in [2.75, 3.05) is 27.3 Å². The molecule has 3 rings (SSSR count). The first kappa shape index (κ1) is 16.8. The van der Waals surface area contributed by atoms with Crippen molar-refractivity contribution in [1.82, 2.24) is 15.1 Å². The fourth-order valence-electron chi connectivity index (χ4n) is 2.99. The fourth-order valence-corrected chi connectivity index (χ4v) is 4.60. The van der Waals surface area contributed by atoms with Gasteiger partial charge in [-0.1, -0.05) is 6.92 Å². The van der Waals surface area contributed by atoms with Gasteiger partial charge in [0.1, 0.15) is 15.9 Å². The topological polar surface area (TPSA) is 50.4 Å². The van der Waals surface area contributed by atoms with E-state index in [0.717, 1.165) is 52.0 Å². The van der Waals surface area contributed by atoms with Crippen LogP contribution in [-0.2, 0) is 13.0 Å². The molecule has 0 saturated carbocycles. The Morgan fingerprint density at radius 3 is 2.65 bits per heavy atom. The van der Waals surface area contributed by atoms with Gasteiger partial charge >= 0.3 is 0 Å². The van der Waals surface area contributed by atoms with Gasteiger partial charge in [-0.3, -0.25) is 10.00 Å². The van der Waals surface area contributed by atoms with E-state index >= 15 is 0 Å². The number of nitrogens with zero attached hydrogens (tertiary/aromatic N) is 2. The Bertz CT molecular complexity index is 731. The van der Waals surface area contributed by atoms with E-state index in [2.05, 4.69) is 53.9 Å². The molecule has 1 aromatic carbocycles. The van der Waals surface area contributed by atoms with Crippen molar-refractivity contribution in [2.45, 2.75) is 19.9 Å². The Morgan fingerprint density at radius 1 is 1.26 bits per heavy atom. The molecule has 0 fully saturated rings. The Labute approximate surface area is 152 Å². The van der Waals surface area contributed by atoms with Crippen LogP contribution in [0.1, 0.15) is 18.2 Å². The average Bonchev–Trinajstić information content (AvgIpc) is 2.97. The van der Waals surface area contributed by atoms with Crippen LogP contribution in [0.5, 0.6) is 11.5 Å². The summed E-state index contributed by atoms with van der Waals surface area (Å²) in [6.45, 7) is 5.20. The van der Waals surface area contributed by atoms with Crippen LogP contribution in [-0.4, -0.2) is 42.4 Å². The molecule has 0 aliphatic carbocycles. The number of H-pyrrole nitrogens is 1. The number of fused-ring (bicyclic) bond motifs is 1. The Balaban J connectivity index is 2.15. The van der Waals surface area contributed by atoms with Gasteiger partial charge in [0.05, 0.1) is 18.7 Å². The van der Waals surface area contributed by atoms with Gasteiger partial charge < -0.3 is 9.47 Å². The normalized spacial score (nSPS) is 14.7. The summed E-state index contributed by atoms with van der Waals surface area (Å²) in [5.74, 6) is 1.44. The van der Waals surface area contributed by atoms with E-state index in [1.807, 2.05) is 6.07 Å². The van der Waals surface area contributed by atoms with Gasteiger partial charge in [-0.15, -0.1) is 0 Å². The zero-order valence-electron chi connectivity index (χ0n) is 13.4. The summed E-state index contributed by atoms with van der Waals surface area (Å²) in [5, 5.41) is 7.76. The third-order valence-corrected chi connectivity index (χ3v) is 5.56. The van der Waals surface area contributed by atoms with E-state index in [0.29, 0.717) is 5.75 Å². The van der Waals surface area contributed by atoms with E-state index < -0.39 is 0 Å². The van der Waals surface area contributed by atoms with Crippen molar-refractivity contribution in [2.24, 2.45) is 0 Å². The lowest BCUT2D eigenvalue weighted by Crippen LogP contribution is -2.30. The first-order valence-electron chi connectivity index (χ1n) is 7.49. The molecule has 0 bridgehead atoms. The zero-order valence-corrected chi connectivity index (χ0v) is 16.5. The summed E-state index contributed by atoms with van der Waals surface area (Å²) in [4.78, 5) is 2.42. The number of methoxy groups -OCH3 is 2. The molecule has 0 saturated heterocycles. The van der Waals surface area contributed by atoms with Crippen LogP contribution in [0.25, 0.3) is 11.3 Å². The number of aromatic nitrogens is 2. The number of rotatable bonds is 4. The predicted octanol–water partition coefficient (Wildman–Crippen LogP) is 4.00. The van der Waals surface area contributed by atoms with E-state index in [4.69, 9.17) is 9.47 Å². The second-order valence-electron chi connectivity index (χ2n) is 5.43. The number of halogens is 2. The molecule has 1 aromatic heterocycles. The van der Waals surface area contributed by atoms with Crippen molar-refractivity contribution in [1.29, 1.82) is 0 Å². The summed E-state index contributed by atoms with van der Waals surface area (Å²) in [7, 11) is 3.30. The van der Waals surface area contributed by atoms with Crippen molar-refractivity contribution in [3.63, 3.8) is 0 Å². The number of benzene rings is 1. The molecule has 2 heterocycles. The first-order valence-corrected chi connectivity index (χ1v) is 9.08. The summed E-state index contributed by atoms with van der Waals surface area (Å²) in [5.41, 5.74) is 4.36. The number of hydrogen-bond donors (Lipinski definition) is 1. The maximum atomic E-state index is 5.63. The number of aromatic amines is 1. The zero-order chi connectivity index (χ0) is 16.6. The molecular weight excluding hydrogens is 426 g/mol. The summed E-state index contributed by atoms with van der Waals surface area (Å²) >= 11 is 7.15. The lowest BCUT2D eigenvalue weighted by atomic mass is 10.0. The monoisotopic (exact) mass is 443 g/mol. The predicted molar refractivity (Wildman–Crippen MR) is 97.2 cm³/mol. The largest absolute Gasteiger partial charge is 0.495 e. The summed E-state index contributed by atoms with van der Waals surface area (Å²) in [6.07, 6.45) is 0.997. The van der Waals surface area contributed by atoms with Crippen molar-refractivity contribution in [3.05, 3.63) is 26.3 Å².